The van der Waals surface area contributed by atoms with Gasteiger partial charge in [0.25, 0.3) is 0 Å². The number of hydrogen-bond acceptors (Lipinski definition) is 4. The molecule has 1 amide bonds. The van der Waals surface area contributed by atoms with Crippen LogP contribution in [0.25, 0.3) is 11.3 Å². The Bertz CT molecular complexity index is 842. The fourth-order valence-electron chi connectivity index (χ4n) is 2.48. The van der Waals surface area contributed by atoms with E-state index in [-0.39, 0.29) is 12.3 Å². The molecule has 0 atom stereocenters. The molecule has 0 aliphatic carbocycles. The number of amides is 1. The van der Waals surface area contributed by atoms with Crippen molar-refractivity contribution < 1.29 is 9.63 Å². The monoisotopic (exact) mass is 352 g/mol. The summed E-state index contributed by atoms with van der Waals surface area (Å²) in [5.41, 5.74) is 6.63. The first-order valence-electron chi connectivity index (χ1n) is 8.10. The molecule has 128 valence electrons. The minimum absolute atomic E-state index is 0.173. The van der Waals surface area contributed by atoms with Crippen LogP contribution in [-0.4, -0.2) is 10.9 Å². The van der Waals surface area contributed by atoms with Gasteiger partial charge in [-0.25, -0.2) is 10.5 Å². The molecule has 0 aliphatic rings. The molecule has 0 saturated carbocycles. The highest BCUT2D eigenvalue weighted by Crippen LogP contribution is 2.28. The lowest BCUT2D eigenvalue weighted by atomic mass is 10.1. The summed E-state index contributed by atoms with van der Waals surface area (Å²) >= 11 is 1.54. The molecule has 1 aromatic heterocycles. The molecule has 4 nitrogen and oxygen atoms in total. The van der Waals surface area contributed by atoms with Crippen LogP contribution in [0.1, 0.15) is 21.0 Å². The summed E-state index contributed by atoms with van der Waals surface area (Å²) in [5.74, 6) is -0.173. The number of carbonyl (C=O) groups is 1. The van der Waals surface area contributed by atoms with E-state index in [1.165, 1.54) is 5.56 Å². The summed E-state index contributed by atoms with van der Waals surface area (Å²) in [4.78, 5) is 23.0. The molecule has 5 heteroatoms. The van der Waals surface area contributed by atoms with Crippen molar-refractivity contribution in [2.45, 2.75) is 26.9 Å². The molecule has 1 heterocycles. The van der Waals surface area contributed by atoms with Gasteiger partial charge in [-0.2, -0.15) is 0 Å². The topological polar surface area (TPSA) is 51.2 Å². The zero-order valence-corrected chi connectivity index (χ0v) is 15.1. The van der Waals surface area contributed by atoms with Gasteiger partial charge in [-0.15, -0.1) is 11.3 Å². The predicted octanol–water partition coefficient (Wildman–Crippen LogP) is 4.22. The standard InChI is InChI=1S/C20H20N2O2S/c1-14-8-10-17(11-9-14)20-18(25-15(2)21-20)12-19(23)22-24-13-16-6-4-3-5-7-16/h3-11H,12-13H2,1-2H3,(H,22,23). The molecule has 0 saturated heterocycles. The minimum Gasteiger partial charge on any atom is -0.272 e. The summed E-state index contributed by atoms with van der Waals surface area (Å²) in [6.45, 7) is 4.35. The first-order chi connectivity index (χ1) is 12.1. The second-order valence-corrected chi connectivity index (χ2v) is 7.13. The second-order valence-electron chi connectivity index (χ2n) is 5.85. The molecule has 3 aromatic rings. The van der Waals surface area contributed by atoms with Crippen molar-refractivity contribution in [3.8, 4) is 11.3 Å². The summed E-state index contributed by atoms with van der Waals surface area (Å²) in [7, 11) is 0. The number of nitrogens with one attached hydrogen (secondary N) is 1. The summed E-state index contributed by atoms with van der Waals surface area (Å²) in [5, 5.41) is 0.948. The number of nitrogens with zero attached hydrogens (tertiary/aromatic N) is 1. The Labute approximate surface area is 151 Å². The third kappa shape index (κ3) is 4.75. The Morgan fingerprint density at radius 3 is 2.52 bits per heavy atom. The highest BCUT2D eigenvalue weighted by atomic mass is 32.1. The van der Waals surface area contributed by atoms with Gasteiger partial charge in [-0.05, 0) is 19.4 Å². The van der Waals surface area contributed by atoms with Gasteiger partial charge in [0, 0.05) is 10.4 Å². The van der Waals surface area contributed by atoms with Gasteiger partial charge in [0.15, 0.2) is 0 Å². The van der Waals surface area contributed by atoms with Crippen molar-refractivity contribution in [3.63, 3.8) is 0 Å². The smallest absolute Gasteiger partial charge is 0.248 e. The first-order valence-corrected chi connectivity index (χ1v) is 8.91. The number of rotatable bonds is 6. The Kier molecular flexibility index (Phi) is 5.58. The van der Waals surface area contributed by atoms with Gasteiger partial charge in [-0.3, -0.25) is 9.63 Å². The lowest BCUT2D eigenvalue weighted by Gasteiger charge is -2.06. The van der Waals surface area contributed by atoms with Crippen LogP contribution in [0.5, 0.6) is 0 Å². The van der Waals surface area contributed by atoms with Crippen LogP contribution in [-0.2, 0) is 22.7 Å². The van der Waals surface area contributed by atoms with E-state index < -0.39 is 0 Å². The SMILES string of the molecule is Cc1ccc(-c2nc(C)sc2CC(=O)NOCc2ccccc2)cc1. The van der Waals surface area contributed by atoms with E-state index in [9.17, 15) is 4.79 Å². The van der Waals surface area contributed by atoms with E-state index in [1.807, 2.05) is 49.4 Å². The van der Waals surface area contributed by atoms with Crippen LogP contribution in [0.4, 0.5) is 0 Å². The van der Waals surface area contributed by atoms with E-state index in [2.05, 4.69) is 29.5 Å². The van der Waals surface area contributed by atoms with E-state index in [0.29, 0.717) is 6.61 Å². The third-order valence-corrected chi connectivity index (χ3v) is 4.69. The zero-order chi connectivity index (χ0) is 17.6. The molecule has 0 radical (unpaired) electrons. The van der Waals surface area contributed by atoms with Crippen molar-refractivity contribution in [3.05, 3.63) is 75.6 Å². The highest BCUT2D eigenvalue weighted by Gasteiger charge is 2.15. The molecule has 0 spiro atoms. The number of thiazole rings is 1. The second kappa shape index (κ2) is 8.05. The van der Waals surface area contributed by atoms with Crippen LogP contribution in [0.2, 0.25) is 0 Å². The average molecular weight is 352 g/mol. The van der Waals surface area contributed by atoms with Crippen molar-refractivity contribution >= 4 is 17.2 Å². The van der Waals surface area contributed by atoms with Gasteiger partial charge < -0.3 is 0 Å². The Balaban J connectivity index is 1.62. The molecule has 0 bridgehead atoms. The minimum atomic E-state index is -0.173. The number of aryl methyl sites for hydroxylation is 2. The molecule has 0 unspecified atom stereocenters. The first kappa shape index (κ1) is 17.3. The fraction of sp³-hybridized carbons (Fsp3) is 0.200. The van der Waals surface area contributed by atoms with E-state index in [1.54, 1.807) is 11.3 Å². The van der Waals surface area contributed by atoms with Crippen molar-refractivity contribution in [1.82, 2.24) is 10.5 Å². The van der Waals surface area contributed by atoms with Crippen LogP contribution < -0.4 is 5.48 Å². The van der Waals surface area contributed by atoms with E-state index in [4.69, 9.17) is 4.84 Å². The van der Waals surface area contributed by atoms with Crippen LogP contribution in [0, 0.1) is 13.8 Å². The molecule has 25 heavy (non-hydrogen) atoms. The maximum atomic E-state index is 12.2. The van der Waals surface area contributed by atoms with Crippen molar-refractivity contribution in [2.75, 3.05) is 0 Å². The van der Waals surface area contributed by atoms with Gasteiger partial charge in [0.1, 0.15) is 0 Å². The number of aromatic nitrogens is 1. The lowest BCUT2D eigenvalue weighted by molar-refractivity contribution is -0.133. The van der Waals surface area contributed by atoms with Crippen LogP contribution in [0.15, 0.2) is 54.6 Å². The summed E-state index contributed by atoms with van der Waals surface area (Å²) < 4.78 is 0. The number of hydrogen-bond donors (Lipinski definition) is 1. The average Bonchev–Trinajstić information content (AvgIpc) is 2.97. The van der Waals surface area contributed by atoms with Gasteiger partial charge in [0.05, 0.1) is 23.7 Å². The fourth-order valence-corrected chi connectivity index (χ4v) is 3.44. The molecule has 1 N–H and O–H groups in total. The molecular weight excluding hydrogens is 332 g/mol. The maximum Gasteiger partial charge on any atom is 0.248 e. The normalized spacial score (nSPS) is 10.6. The molecule has 0 aliphatic heterocycles. The maximum absolute atomic E-state index is 12.2. The van der Waals surface area contributed by atoms with Crippen molar-refractivity contribution in [2.24, 2.45) is 0 Å². The van der Waals surface area contributed by atoms with Gasteiger partial charge >= 0.3 is 0 Å². The quantitative estimate of drug-likeness (QED) is 0.676. The zero-order valence-electron chi connectivity index (χ0n) is 14.3. The Morgan fingerprint density at radius 1 is 1.08 bits per heavy atom. The highest BCUT2D eigenvalue weighted by molar-refractivity contribution is 7.12. The predicted molar refractivity (Wildman–Crippen MR) is 100 cm³/mol. The molecule has 3 rings (SSSR count). The number of carbonyl (C=O) groups excluding carboxylic acids is 1. The van der Waals surface area contributed by atoms with Crippen molar-refractivity contribution in [1.29, 1.82) is 0 Å². The van der Waals surface area contributed by atoms with Gasteiger partial charge in [-0.1, -0.05) is 60.2 Å². The largest absolute Gasteiger partial charge is 0.272 e. The number of hydroxylamine groups is 1. The summed E-state index contributed by atoms with van der Waals surface area (Å²) in [6, 6.07) is 17.9. The van der Waals surface area contributed by atoms with E-state index >= 15 is 0 Å². The van der Waals surface area contributed by atoms with Crippen LogP contribution in [0.3, 0.4) is 0 Å². The van der Waals surface area contributed by atoms with Crippen LogP contribution >= 0.6 is 11.3 Å². The van der Waals surface area contributed by atoms with E-state index in [0.717, 1.165) is 26.7 Å². The number of benzene rings is 2. The lowest BCUT2D eigenvalue weighted by Crippen LogP contribution is -2.25. The molecular formula is C20H20N2O2S. The van der Waals surface area contributed by atoms with Gasteiger partial charge in [0.2, 0.25) is 5.91 Å². The Morgan fingerprint density at radius 2 is 1.80 bits per heavy atom. The summed E-state index contributed by atoms with van der Waals surface area (Å²) in [6.07, 6.45) is 0.253. The Hall–Kier alpha value is -2.50. The molecule has 2 aromatic carbocycles. The third-order valence-electron chi connectivity index (χ3n) is 3.72. The molecule has 0 fully saturated rings.